The van der Waals surface area contributed by atoms with Crippen LogP contribution in [0.2, 0.25) is 0 Å². The van der Waals surface area contributed by atoms with Gasteiger partial charge >= 0.3 is 10.2 Å². The van der Waals surface area contributed by atoms with Crippen LogP contribution in [0.3, 0.4) is 0 Å². The Kier molecular flexibility index (Phi) is 7.46. The molecule has 0 atom stereocenters. The van der Waals surface area contributed by atoms with Gasteiger partial charge in [-0.3, -0.25) is 15.1 Å². The lowest BCUT2D eigenvalue weighted by Crippen LogP contribution is -2.40. The number of likely N-dealkylation sites (tertiary alicyclic amines) is 1. The molecule has 0 radical (unpaired) electrons. The molecule has 10 heteroatoms. The molecule has 0 saturated carbocycles. The Morgan fingerprint density at radius 2 is 1.72 bits per heavy atom. The molecule has 4 rings (SSSR count). The van der Waals surface area contributed by atoms with E-state index in [0.29, 0.717) is 22.8 Å². The van der Waals surface area contributed by atoms with Crippen molar-refractivity contribution in [2.75, 3.05) is 24.4 Å². The first-order valence-electron chi connectivity index (χ1n) is 11.8. The molecule has 0 aromatic heterocycles. The summed E-state index contributed by atoms with van der Waals surface area (Å²) in [4.78, 5) is 2.04. The second-order valence-electron chi connectivity index (χ2n) is 8.91. The Morgan fingerprint density at radius 1 is 1.06 bits per heavy atom. The minimum Gasteiger partial charge on any atom is -0.490 e. The molecule has 0 aliphatic carbocycles. The monoisotopic (exact) mass is 508 g/mol. The number of hydrogen-bond donors (Lipinski definition) is 4. The topological polar surface area (TPSA) is 136 Å². The van der Waals surface area contributed by atoms with E-state index >= 15 is 0 Å². The molecule has 0 bridgehead atoms. The number of fused-ring (bicyclic) bond motifs is 1. The zero-order valence-corrected chi connectivity index (χ0v) is 21.3. The van der Waals surface area contributed by atoms with Gasteiger partial charge in [0.25, 0.3) is 0 Å². The quantitative estimate of drug-likeness (QED) is 0.273. The summed E-state index contributed by atoms with van der Waals surface area (Å²) >= 11 is 0. The summed E-state index contributed by atoms with van der Waals surface area (Å²) in [5, 5.41) is 17.3. The minimum absolute atomic E-state index is 0.0145. The number of piperidine rings is 1. The summed E-state index contributed by atoms with van der Waals surface area (Å²) in [5.74, 6) is 1.25. The normalized spacial score (nSPS) is 14.6. The Balaban J connectivity index is 1.53. The third-order valence-electron chi connectivity index (χ3n) is 6.43. The van der Waals surface area contributed by atoms with Gasteiger partial charge in [-0.25, -0.2) is 4.72 Å². The van der Waals surface area contributed by atoms with Gasteiger partial charge in [0.15, 0.2) is 0 Å². The standard InChI is InChI=1S/C26H32N6O3S/c1-18(27)31-13-11-25(12-14-31)35-24-9-7-23(8-10-24)32(36(33,34)30-2)17-19-3-4-20-5-6-21(26(28)29)16-22(20)15-19/h3-10,15-16,25,27,30H,11-14,17H2,1-2H3,(H3,28,29). The fraction of sp³-hybridized carbons (Fsp3) is 0.308. The van der Waals surface area contributed by atoms with Gasteiger partial charge in [-0.05, 0) is 59.7 Å². The molecule has 3 aromatic rings. The maximum absolute atomic E-state index is 12.9. The van der Waals surface area contributed by atoms with E-state index in [1.807, 2.05) is 35.2 Å². The smallest absolute Gasteiger partial charge is 0.301 e. The van der Waals surface area contributed by atoms with Crippen molar-refractivity contribution in [1.29, 1.82) is 10.8 Å². The molecule has 190 valence electrons. The molecule has 0 unspecified atom stereocenters. The average molecular weight is 509 g/mol. The predicted octanol–water partition coefficient (Wildman–Crippen LogP) is 3.44. The van der Waals surface area contributed by atoms with E-state index in [-0.39, 0.29) is 18.5 Å². The van der Waals surface area contributed by atoms with Gasteiger partial charge in [0.05, 0.1) is 18.1 Å². The zero-order chi connectivity index (χ0) is 25.9. The molecule has 1 aliphatic rings. The number of benzene rings is 3. The highest BCUT2D eigenvalue weighted by Gasteiger charge is 2.23. The molecule has 0 spiro atoms. The minimum atomic E-state index is -3.78. The van der Waals surface area contributed by atoms with E-state index in [1.54, 1.807) is 37.3 Å². The van der Waals surface area contributed by atoms with Gasteiger partial charge < -0.3 is 15.4 Å². The lowest BCUT2D eigenvalue weighted by Gasteiger charge is -2.33. The highest BCUT2D eigenvalue weighted by atomic mass is 32.2. The van der Waals surface area contributed by atoms with Crippen LogP contribution in [0, 0.1) is 10.8 Å². The Morgan fingerprint density at radius 3 is 2.33 bits per heavy atom. The van der Waals surface area contributed by atoms with Crippen LogP contribution in [0.15, 0.2) is 60.7 Å². The lowest BCUT2D eigenvalue weighted by molar-refractivity contribution is 0.130. The van der Waals surface area contributed by atoms with Crippen LogP contribution in [0.1, 0.15) is 30.9 Å². The highest BCUT2D eigenvalue weighted by molar-refractivity contribution is 7.90. The van der Waals surface area contributed by atoms with Gasteiger partial charge in [0, 0.05) is 38.5 Å². The molecule has 1 aliphatic heterocycles. The van der Waals surface area contributed by atoms with Gasteiger partial charge in [-0.1, -0.05) is 24.3 Å². The average Bonchev–Trinajstić information content (AvgIpc) is 2.87. The van der Waals surface area contributed by atoms with Crippen molar-refractivity contribution in [3.63, 3.8) is 0 Å². The van der Waals surface area contributed by atoms with Crippen LogP contribution in [0.5, 0.6) is 5.75 Å². The van der Waals surface area contributed by atoms with E-state index < -0.39 is 10.2 Å². The number of nitrogens with two attached hydrogens (primary N) is 1. The van der Waals surface area contributed by atoms with Crippen LogP contribution < -0.4 is 19.5 Å². The number of anilines is 1. The maximum Gasteiger partial charge on any atom is 0.301 e. The fourth-order valence-electron chi connectivity index (χ4n) is 4.35. The van der Waals surface area contributed by atoms with E-state index in [1.165, 1.54) is 11.4 Å². The van der Waals surface area contributed by atoms with Crippen LogP contribution in [0.25, 0.3) is 10.8 Å². The maximum atomic E-state index is 12.9. The van der Waals surface area contributed by atoms with E-state index in [4.69, 9.17) is 21.3 Å². The van der Waals surface area contributed by atoms with Gasteiger partial charge in [-0.2, -0.15) is 8.42 Å². The zero-order valence-electron chi connectivity index (χ0n) is 20.5. The number of amidine groups is 2. The number of nitrogens with one attached hydrogen (secondary N) is 3. The molecular weight excluding hydrogens is 476 g/mol. The number of nitrogens with zero attached hydrogens (tertiary/aromatic N) is 2. The van der Waals surface area contributed by atoms with Crippen molar-refractivity contribution in [1.82, 2.24) is 9.62 Å². The van der Waals surface area contributed by atoms with Crippen molar-refractivity contribution in [2.24, 2.45) is 5.73 Å². The molecule has 3 aromatic carbocycles. The van der Waals surface area contributed by atoms with E-state index in [2.05, 4.69) is 4.72 Å². The van der Waals surface area contributed by atoms with E-state index in [9.17, 15) is 8.42 Å². The first kappa shape index (κ1) is 25.5. The van der Waals surface area contributed by atoms with E-state index in [0.717, 1.165) is 42.3 Å². The van der Waals surface area contributed by atoms with Crippen molar-refractivity contribution in [3.8, 4) is 5.75 Å². The molecular formula is C26H32N6O3S. The molecule has 1 heterocycles. The van der Waals surface area contributed by atoms with Gasteiger partial charge in [-0.15, -0.1) is 0 Å². The lowest BCUT2D eigenvalue weighted by atomic mass is 10.0. The molecule has 5 N–H and O–H groups in total. The third kappa shape index (κ3) is 5.77. The summed E-state index contributed by atoms with van der Waals surface area (Å²) < 4.78 is 35.7. The van der Waals surface area contributed by atoms with Gasteiger partial charge in [0.1, 0.15) is 17.7 Å². The number of rotatable bonds is 8. The molecule has 1 saturated heterocycles. The Bertz CT molecular complexity index is 1370. The summed E-state index contributed by atoms with van der Waals surface area (Å²) in [5.41, 5.74) is 7.57. The SMILES string of the molecule is CNS(=O)(=O)N(Cc1ccc2ccc(C(=N)N)cc2c1)c1ccc(OC2CCN(C(C)=N)CC2)cc1. The first-order valence-corrected chi connectivity index (χ1v) is 13.3. The van der Waals surface area contributed by atoms with Crippen molar-refractivity contribution in [2.45, 2.75) is 32.4 Å². The van der Waals surface area contributed by atoms with Crippen molar-refractivity contribution < 1.29 is 13.2 Å². The largest absolute Gasteiger partial charge is 0.490 e. The number of ether oxygens (including phenoxy) is 1. The van der Waals surface area contributed by atoms with Gasteiger partial charge in [0.2, 0.25) is 0 Å². The molecule has 1 fully saturated rings. The summed E-state index contributed by atoms with van der Waals surface area (Å²) in [6, 6.07) is 18.3. The summed E-state index contributed by atoms with van der Waals surface area (Å²) in [7, 11) is -2.39. The number of hydrogen-bond acceptors (Lipinski definition) is 5. The Hall–Kier alpha value is -3.63. The summed E-state index contributed by atoms with van der Waals surface area (Å²) in [6.07, 6.45) is 1.75. The fourth-order valence-corrected chi connectivity index (χ4v) is 5.28. The predicted molar refractivity (Wildman–Crippen MR) is 144 cm³/mol. The first-order chi connectivity index (χ1) is 17.2. The van der Waals surface area contributed by atoms with Crippen molar-refractivity contribution >= 4 is 38.3 Å². The van der Waals surface area contributed by atoms with Crippen LogP contribution >= 0.6 is 0 Å². The molecule has 9 nitrogen and oxygen atoms in total. The molecule has 36 heavy (non-hydrogen) atoms. The third-order valence-corrected chi connectivity index (χ3v) is 7.87. The van der Waals surface area contributed by atoms with Crippen molar-refractivity contribution in [3.05, 3.63) is 71.8 Å². The van der Waals surface area contributed by atoms with Crippen LogP contribution in [-0.2, 0) is 16.8 Å². The number of nitrogen functional groups attached to an aromatic ring is 1. The van der Waals surface area contributed by atoms with Crippen LogP contribution in [0.4, 0.5) is 5.69 Å². The van der Waals surface area contributed by atoms with Crippen LogP contribution in [-0.4, -0.2) is 51.2 Å². The second kappa shape index (κ2) is 10.5. The summed E-state index contributed by atoms with van der Waals surface area (Å²) in [6.45, 7) is 3.52. The highest BCUT2D eigenvalue weighted by Crippen LogP contribution is 2.27. The Labute approximate surface area is 212 Å². The molecule has 0 amide bonds. The second-order valence-corrected chi connectivity index (χ2v) is 10.7.